The highest BCUT2D eigenvalue weighted by molar-refractivity contribution is 5.51. The lowest BCUT2D eigenvalue weighted by molar-refractivity contribution is 0.135. The molecule has 5 rings (SSSR count). The molecule has 202 valence electrons. The molecule has 2 aromatic carbocycles. The molecule has 0 saturated heterocycles. The van der Waals surface area contributed by atoms with Crippen LogP contribution in [-0.2, 0) is 17.6 Å². The van der Waals surface area contributed by atoms with Gasteiger partial charge in [-0.3, -0.25) is 4.98 Å². The van der Waals surface area contributed by atoms with Gasteiger partial charge in [0.2, 0.25) is 0 Å². The summed E-state index contributed by atoms with van der Waals surface area (Å²) in [7, 11) is 1.80. The Labute approximate surface area is 234 Å². The van der Waals surface area contributed by atoms with Crippen LogP contribution >= 0.6 is 0 Å². The molecule has 0 bridgehead atoms. The third-order valence-corrected chi connectivity index (χ3v) is 8.24. The van der Waals surface area contributed by atoms with Crippen LogP contribution in [0.3, 0.4) is 0 Å². The average Bonchev–Trinajstić information content (AvgIpc) is 3.19. The fraction of sp³-hybridized carbons (Fsp3) is 0.361. The molecule has 2 aliphatic rings. The van der Waals surface area contributed by atoms with Gasteiger partial charge in [-0.2, -0.15) is 0 Å². The summed E-state index contributed by atoms with van der Waals surface area (Å²) < 4.78 is 6.14. The summed E-state index contributed by atoms with van der Waals surface area (Å²) in [6.45, 7) is 7.98. The topological polar surface area (TPSA) is 25.4 Å². The van der Waals surface area contributed by atoms with Crippen molar-refractivity contribution in [2.75, 3.05) is 13.7 Å². The minimum Gasteiger partial charge on any atom is -0.371 e. The number of methoxy groups -OCH3 is 1. The molecule has 0 spiro atoms. The Morgan fingerprint density at radius 2 is 1.59 bits per heavy atom. The first kappa shape index (κ1) is 27.1. The number of nitrogens with zero attached hydrogens (tertiary/aromatic N) is 2. The zero-order chi connectivity index (χ0) is 27.2. The maximum absolute atomic E-state index is 6.14. The van der Waals surface area contributed by atoms with Gasteiger partial charge >= 0.3 is 0 Å². The monoisotopic (exact) mass is 518 g/mol. The van der Waals surface area contributed by atoms with Gasteiger partial charge in [0.25, 0.3) is 0 Å². The maximum Gasteiger partial charge on any atom is 0.119 e. The fourth-order valence-electron chi connectivity index (χ4n) is 6.27. The lowest BCUT2D eigenvalue weighted by atomic mass is 9.67. The van der Waals surface area contributed by atoms with Gasteiger partial charge < -0.3 is 9.64 Å². The lowest BCUT2D eigenvalue weighted by Crippen LogP contribution is -2.34. The molecule has 1 aliphatic carbocycles. The van der Waals surface area contributed by atoms with Crippen molar-refractivity contribution in [3.63, 3.8) is 0 Å². The van der Waals surface area contributed by atoms with E-state index in [1.165, 1.54) is 22.5 Å². The van der Waals surface area contributed by atoms with Crippen molar-refractivity contribution in [3.8, 4) is 0 Å². The quantitative estimate of drug-likeness (QED) is 0.270. The van der Waals surface area contributed by atoms with Gasteiger partial charge in [-0.05, 0) is 78.5 Å². The van der Waals surface area contributed by atoms with Crippen LogP contribution in [0, 0.1) is 17.3 Å². The van der Waals surface area contributed by atoms with E-state index in [1.807, 2.05) is 18.3 Å². The van der Waals surface area contributed by atoms with Crippen molar-refractivity contribution in [2.45, 2.75) is 52.6 Å². The minimum absolute atomic E-state index is 0.181. The molecule has 1 aliphatic heterocycles. The number of aromatic nitrogens is 1. The highest BCUT2D eigenvalue weighted by atomic mass is 16.5. The Morgan fingerprint density at radius 3 is 2.15 bits per heavy atom. The highest BCUT2D eigenvalue weighted by Gasteiger charge is 2.49. The first-order valence-electron chi connectivity index (χ1n) is 14.4. The van der Waals surface area contributed by atoms with E-state index < -0.39 is 0 Å². The summed E-state index contributed by atoms with van der Waals surface area (Å²) in [5, 5.41) is 0. The number of benzene rings is 2. The molecule has 2 atom stereocenters. The molecular formula is C36H42N2O. The zero-order valence-electron chi connectivity index (χ0n) is 23.9. The van der Waals surface area contributed by atoms with Crippen LogP contribution in [0.2, 0.25) is 0 Å². The second kappa shape index (κ2) is 12.2. The van der Waals surface area contributed by atoms with Gasteiger partial charge in [0.1, 0.15) is 6.10 Å². The third kappa shape index (κ3) is 5.94. The van der Waals surface area contributed by atoms with Crippen molar-refractivity contribution >= 4 is 0 Å². The minimum atomic E-state index is -0.226. The molecule has 3 nitrogen and oxygen atoms in total. The van der Waals surface area contributed by atoms with E-state index in [-0.39, 0.29) is 11.5 Å². The van der Waals surface area contributed by atoms with E-state index in [9.17, 15) is 0 Å². The van der Waals surface area contributed by atoms with E-state index in [2.05, 4.69) is 111 Å². The van der Waals surface area contributed by atoms with Crippen molar-refractivity contribution in [1.29, 1.82) is 0 Å². The summed E-state index contributed by atoms with van der Waals surface area (Å²) in [4.78, 5) is 7.32. The molecule has 0 radical (unpaired) electrons. The average molecular weight is 519 g/mol. The fourth-order valence-corrected chi connectivity index (χ4v) is 6.27. The van der Waals surface area contributed by atoms with Crippen molar-refractivity contribution in [3.05, 3.63) is 137 Å². The largest absolute Gasteiger partial charge is 0.371 e. The van der Waals surface area contributed by atoms with Crippen LogP contribution in [-0.4, -0.2) is 23.5 Å². The number of rotatable bonds is 10. The van der Waals surface area contributed by atoms with Gasteiger partial charge in [-0.15, -0.1) is 0 Å². The summed E-state index contributed by atoms with van der Waals surface area (Å²) >= 11 is 0. The molecular weight excluding hydrogens is 476 g/mol. The molecule has 3 aromatic rings. The number of allylic oxidation sites excluding steroid dienone is 3. The Balaban J connectivity index is 1.73. The number of ether oxygens (including phenoxy) is 1. The molecule has 0 saturated carbocycles. The normalized spacial score (nSPS) is 20.1. The van der Waals surface area contributed by atoms with Gasteiger partial charge in [0, 0.05) is 36.7 Å². The number of hydrogen-bond donors (Lipinski definition) is 0. The third-order valence-electron chi connectivity index (χ3n) is 8.24. The van der Waals surface area contributed by atoms with Gasteiger partial charge in [-0.1, -0.05) is 93.6 Å². The Kier molecular flexibility index (Phi) is 8.47. The molecule has 3 heteroatoms. The predicted octanol–water partition coefficient (Wildman–Crippen LogP) is 8.34. The van der Waals surface area contributed by atoms with E-state index in [4.69, 9.17) is 9.72 Å². The van der Waals surface area contributed by atoms with Crippen LogP contribution in [0.15, 0.2) is 120 Å². The van der Waals surface area contributed by atoms with Crippen molar-refractivity contribution in [1.82, 2.24) is 9.88 Å². The second-order valence-corrected chi connectivity index (χ2v) is 11.6. The standard InChI is InChI=1S/C36H42N2O/c1-27(2)20-22-38-33-19-18-28(3)23-31(33)36(25-29-13-7-5-8-14-29,26-30-15-9-6-10-16-30)35(38)24-34(39-4)32-17-11-12-21-37-32/h5-19,21,24,27-28,34H,20,22-23,25-26H2,1-4H3/b35-24-. The predicted molar refractivity (Wildman–Crippen MR) is 161 cm³/mol. The van der Waals surface area contributed by atoms with E-state index >= 15 is 0 Å². The second-order valence-electron chi connectivity index (χ2n) is 11.6. The Bertz CT molecular complexity index is 1270. The molecule has 0 amide bonds. The summed E-state index contributed by atoms with van der Waals surface area (Å²) in [6, 6.07) is 28.2. The van der Waals surface area contributed by atoms with Crippen LogP contribution in [0.4, 0.5) is 0 Å². The highest BCUT2D eigenvalue weighted by Crippen LogP contribution is 2.56. The van der Waals surface area contributed by atoms with Gasteiger partial charge in [-0.25, -0.2) is 0 Å². The van der Waals surface area contributed by atoms with Crippen LogP contribution < -0.4 is 0 Å². The smallest absolute Gasteiger partial charge is 0.119 e. The zero-order valence-corrected chi connectivity index (χ0v) is 23.9. The first-order chi connectivity index (χ1) is 19.0. The molecule has 0 fully saturated rings. The summed E-state index contributed by atoms with van der Waals surface area (Å²) in [6.07, 6.45) is 12.9. The van der Waals surface area contributed by atoms with Gasteiger partial charge in [0.05, 0.1) is 5.69 Å². The van der Waals surface area contributed by atoms with Crippen LogP contribution in [0.1, 0.15) is 56.5 Å². The SMILES string of the molecule is COC(/C=C1\N(CCC(C)C)C2=C(CC(C)C=C2)C1(Cc1ccccc1)Cc1ccccc1)c1ccccn1. The van der Waals surface area contributed by atoms with Crippen molar-refractivity contribution < 1.29 is 4.74 Å². The van der Waals surface area contributed by atoms with E-state index in [0.29, 0.717) is 11.8 Å². The van der Waals surface area contributed by atoms with Crippen LogP contribution in [0.5, 0.6) is 0 Å². The number of pyridine rings is 1. The molecule has 1 aromatic heterocycles. The molecule has 2 unspecified atom stereocenters. The van der Waals surface area contributed by atoms with Gasteiger partial charge in [0.15, 0.2) is 0 Å². The Hall–Kier alpha value is -3.43. The maximum atomic E-state index is 6.14. The summed E-state index contributed by atoms with van der Waals surface area (Å²) in [5.74, 6) is 1.13. The lowest BCUT2D eigenvalue weighted by Gasteiger charge is -2.38. The molecule has 2 heterocycles. The van der Waals surface area contributed by atoms with Crippen molar-refractivity contribution in [2.24, 2.45) is 17.3 Å². The first-order valence-corrected chi connectivity index (χ1v) is 14.4. The molecule has 39 heavy (non-hydrogen) atoms. The van der Waals surface area contributed by atoms with E-state index in [1.54, 1.807) is 12.7 Å². The summed E-state index contributed by atoms with van der Waals surface area (Å²) in [5.41, 5.74) is 7.81. The van der Waals surface area contributed by atoms with E-state index in [0.717, 1.165) is 37.9 Å². The molecule has 0 N–H and O–H groups in total. The number of hydrogen-bond acceptors (Lipinski definition) is 3. The van der Waals surface area contributed by atoms with Crippen LogP contribution in [0.25, 0.3) is 0 Å². The Morgan fingerprint density at radius 1 is 0.949 bits per heavy atom.